The fraction of sp³-hybridized carbons (Fsp3) is 0.429. The van der Waals surface area contributed by atoms with Crippen LogP contribution in [0.3, 0.4) is 0 Å². The van der Waals surface area contributed by atoms with Crippen LogP contribution >= 0.6 is 0 Å². The molecule has 12 bridgehead atoms. The van der Waals surface area contributed by atoms with Gasteiger partial charge in [-0.3, -0.25) is 38.9 Å². The highest BCUT2D eigenvalue weighted by atomic mass is 16.6. The van der Waals surface area contributed by atoms with Gasteiger partial charge in [0.2, 0.25) is 0 Å². The largest absolute Gasteiger partial charge is 0.491 e. The van der Waals surface area contributed by atoms with Crippen molar-refractivity contribution in [2.45, 2.75) is 78.1 Å². The van der Waals surface area contributed by atoms with E-state index < -0.39 is 33.3 Å². The molecule has 386 valence electrons. The molecule has 2 N–H and O–H groups in total. The average molecular weight is 1000 g/mol. The molecular formula is C56H63N3O14. The maximum atomic E-state index is 14.7. The first-order valence-corrected chi connectivity index (χ1v) is 24.5. The van der Waals surface area contributed by atoms with Crippen molar-refractivity contribution in [1.29, 1.82) is 0 Å². The SMILES string of the molecule is CC(C)(C)c1cc2c3c(c1)CC1=CC(=O)C=C(Cc4cc(C(C)(C)C)cc(c4OCCOCCOCCNC(=O)c4cc(cc([N+](=O)[O-])c4)C(=O)NCCOCCOCCO3)CC3=CC(=O)C=C(C2)C3=O)C1=O. The Balaban J connectivity index is 1.23. The van der Waals surface area contributed by atoms with Crippen LogP contribution in [-0.4, -0.2) is 119 Å². The first-order valence-electron chi connectivity index (χ1n) is 24.5. The Bertz CT molecular complexity index is 2540. The van der Waals surface area contributed by atoms with Crippen molar-refractivity contribution >= 4 is 40.6 Å². The molecule has 5 aliphatic rings. The van der Waals surface area contributed by atoms with E-state index in [1.165, 1.54) is 30.4 Å². The van der Waals surface area contributed by atoms with E-state index in [2.05, 4.69) is 10.6 Å². The number of nitrogens with zero attached hydrogens (tertiary/aromatic N) is 1. The fourth-order valence-corrected chi connectivity index (χ4v) is 8.77. The molecule has 0 aromatic heterocycles. The number of ketones is 4. The monoisotopic (exact) mass is 1000 g/mol. The van der Waals surface area contributed by atoms with Crippen LogP contribution in [0.1, 0.15) is 95.6 Å². The molecule has 0 spiro atoms. The number of nitrogens with one attached hydrogen (secondary N) is 2. The molecule has 0 unspecified atom stereocenters. The van der Waals surface area contributed by atoms with E-state index in [1.54, 1.807) is 0 Å². The van der Waals surface area contributed by atoms with Crippen LogP contribution in [0, 0.1) is 10.1 Å². The van der Waals surface area contributed by atoms with Crippen molar-refractivity contribution in [1.82, 2.24) is 10.6 Å². The van der Waals surface area contributed by atoms with E-state index in [4.69, 9.17) is 28.4 Å². The Morgan fingerprint density at radius 3 is 1.08 bits per heavy atom. The van der Waals surface area contributed by atoms with Gasteiger partial charge in [0.1, 0.15) is 24.7 Å². The maximum absolute atomic E-state index is 14.7. The van der Waals surface area contributed by atoms with Crippen molar-refractivity contribution in [2.75, 3.05) is 79.2 Å². The summed E-state index contributed by atoms with van der Waals surface area (Å²) in [5, 5.41) is 17.0. The fourth-order valence-electron chi connectivity index (χ4n) is 8.77. The lowest BCUT2D eigenvalue weighted by Gasteiger charge is -2.27. The molecule has 0 saturated heterocycles. The van der Waals surface area contributed by atoms with Gasteiger partial charge in [-0.15, -0.1) is 0 Å². The summed E-state index contributed by atoms with van der Waals surface area (Å²) in [5.74, 6) is -1.70. The van der Waals surface area contributed by atoms with Crippen LogP contribution in [0.15, 0.2) is 89.1 Å². The van der Waals surface area contributed by atoms with Crippen molar-refractivity contribution < 1.29 is 62.1 Å². The number of hydrogen-bond donors (Lipinski definition) is 2. The highest BCUT2D eigenvalue weighted by molar-refractivity contribution is 6.21. The summed E-state index contributed by atoms with van der Waals surface area (Å²) >= 11 is 0. The van der Waals surface area contributed by atoms with Crippen LogP contribution in [0.25, 0.3) is 0 Å². The minimum absolute atomic E-state index is 0.0329. The molecule has 0 radical (unpaired) electrons. The molecule has 2 aliphatic heterocycles. The van der Waals surface area contributed by atoms with Gasteiger partial charge in [0.05, 0.1) is 57.8 Å². The Morgan fingerprint density at radius 2 is 0.767 bits per heavy atom. The van der Waals surface area contributed by atoms with Gasteiger partial charge in [-0.2, -0.15) is 0 Å². The zero-order chi connectivity index (χ0) is 52.5. The molecule has 0 atom stereocenters. The number of ether oxygens (including phenoxy) is 6. The lowest BCUT2D eigenvalue weighted by molar-refractivity contribution is -0.384. The van der Waals surface area contributed by atoms with Crippen molar-refractivity contribution in [3.05, 3.63) is 144 Å². The second kappa shape index (κ2) is 23.7. The summed E-state index contributed by atoms with van der Waals surface area (Å²) in [6.07, 6.45) is 5.59. The summed E-state index contributed by atoms with van der Waals surface area (Å²) in [6, 6.07) is 11.3. The maximum Gasteiger partial charge on any atom is 0.271 e. The van der Waals surface area contributed by atoms with Gasteiger partial charge >= 0.3 is 0 Å². The lowest BCUT2D eigenvalue weighted by Crippen LogP contribution is -2.30. The minimum Gasteiger partial charge on any atom is -0.491 e. The molecule has 73 heavy (non-hydrogen) atoms. The summed E-state index contributed by atoms with van der Waals surface area (Å²) < 4.78 is 36.1. The standard InChI is InChI=1S/C56H63N3O14/c1-55(2,3)44-24-38-19-34-30-47(60)32-36(49(34)62)21-40-26-45(56(4,5)6)27-41-22-37-33-48(61)31-35(50(37)63)20-39(25-44)51(38)72-17-15-70-13-11-68-9-7-57-53(64)42-23-43(29-46(28-42)59(66)67)54(65)58-8-10-69-12-14-71-16-18-73-52(40)41/h23-33H,7-22H2,1-6H3,(H,57,64)(H,58,65). The van der Waals surface area contributed by atoms with E-state index >= 15 is 0 Å². The Kier molecular flexibility index (Phi) is 17.5. The van der Waals surface area contributed by atoms with Gasteiger partial charge in [0.25, 0.3) is 17.5 Å². The number of carbonyl (C=O) groups excluding carboxylic acids is 6. The molecule has 3 aromatic carbocycles. The first-order chi connectivity index (χ1) is 34.7. The van der Waals surface area contributed by atoms with E-state index in [1.807, 2.05) is 65.8 Å². The van der Waals surface area contributed by atoms with Crippen molar-refractivity contribution in [2.24, 2.45) is 0 Å². The summed E-state index contributed by atoms with van der Waals surface area (Å²) in [7, 11) is 0. The summed E-state index contributed by atoms with van der Waals surface area (Å²) in [4.78, 5) is 93.7. The summed E-state index contributed by atoms with van der Waals surface area (Å²) in [6.45, 7) is 13.5. The predicted octanol–water partition coefficient (Wildman–Crippen LogP) is 6.08. The second-order valence-corrected chi connectivity index (χ2v) is 20.3. The molecule has 17 nitrogen and oxygen atoms in total. The number of non-ortho nitro benzene ring substituents is 1. The quantitative estimate of drug-likeness (QED) is 0.122. The van der Waals surface area contributed by atoms with Crippen LogP contribution in [0.2, 0.25) is 0 Å². The van der Waals surface area contributed by atoms with Gasteiger partial charge in [0, 0.05) is 84.3 Å². The zero-order valence-corrected chi connectivity index (χ0v) is 42.3. The number of amides is 2. The lowest BCUT2D eigenvalue weighted by atomic mass is 9.79. The molecule has 8 rings (SSSR count). The van der Waals surface area contributed by atoms with Gasteiger partial charge < -0.3 is 39.1 Å². The summed E-state index contributed by atoms with van der Waals surface area (Å²) in [5.41, 5.74) is 3.99. The van der Waals surface area contributed by atoms with E-state index in [-0.39, 0.29) is 161 Å². The zero-order valence-electron chi connectivity index (χ0n) is 42.3. The number of nitro benzene ring substituents is 1. The number of allylic oxidation sites excluding steroid dienone is 8. The number of Topliss-reactive ketones (excluding diaryl/α,β-unsaturated/α-hetero) is 2. The smallest absolute Gasteiger partial charge is 0.271 e. The molecule has 0 fully saturated rings. The third-order valence-corrected chi connectivity index (χ3v) is 12.6. The molecular weight excluding hydrogens is 939 g/mol. The first kappa shape index (κ1) is 53.9. The molecule has 2 heterocycles. The van der Waals surface area contributed by atoms with Crippen LogP contribution in [0.4, 0.5) is 5.69 Å². The molecule has 3 aliphatic carbocycles. The number of hydrogen-bond acceptors (Lipinski definition) is 14. The second-order valence-electron chi connectivity index (χ2n) is 20.3. The normalized spacial score (nSPS) is 18.8. The average Bonchev–Trinajstić information content (AvgIpc) is 3.32. The number of benzene rings is 3. The molecule has 3 aromatic rings. The number of carbonyl (C=O) groups is 6. The topological polar surface area (TPSA) is 225 Å². The number of fused-ring (bicyclic) bond motifs is 20. The van der Waals surface area contributed by atoms with Crippen molar-refractivity contribution in [3.8, 4) is 11.5 Å². The molecule has 0 saturated carbocycles. The van der Waals surface area contributed by atoms with Gasteiger partial charge in [-0.1, -0.05) is 65.8 Å². The predicted molar refractivity (Wildman–Crippen MR) is 269 cm³/mol. The van der Waals surface area contributed by atoms with Gasteiger partial charge in [-0.05, 0) is 74.6 Å². The van der Waals surface area contributed by atoms with Crippen LogP contribution < -0.4 is 20.1 Å². The van der Waals surface area contributed by atoms with Crippen molar-refractivity contribution in [3.63, 3.8) is 0 Å². The molecule has 17 heteroatoms. The van der Waals surface area contributed by atoms with Crippen LogP contribution in [0.5, 0.6) is 11.5 Å². The Labute approximate surface area is 424 Å². The third-order valence-electron chi connectivity index (χ3n) is 12.6. The highest BCUT2D eigenvalue weighted by Gasteiger charge is 2.32. The third kappa shape index (κ3) is 14.2. The Morgan fingerprint density at radius 1 is 0.452 bits per heavy atom. The highest BCUT2D eigenvalue weighted by Crippen LogP contribution is 2.40. The van der Waals surface area contributed by atoms with E-state index in [9.17, 15) is 38.9 Å². The number of nitro groups is 1. The van der Waals surface area contributed by atoms with Gasteiger partial charge in [0.15, 0.2) is 23.1 Å². The Hall–Kier alpha value is -6.92. The van der Waals surface area contributed by atoms with E-state index in [0.717, 1.165) is 23.3 Å². The minimum atomic E-state index is -0.677. The van der Waals surface area contributed by atoms with Gasteiger partial charge in [-0.25, -0.2) is 0 Å². The van der Waals surface area contributed by atoms with Crippen LogP contribution in [-0.2, 0) is 74.6 Å². The molecule has 2 amide bonds. The number of rotatable bonds is 1. The van der Waals surface area contributed by atoms with E-state index in [0.29, 0.717) is 33.8 Å².